The fraction of sp³-hybridized carbons (Fsp3) is 0.211. The molecule has 8 nitrogen and oxygen atoms in total. The number of nitrogens with two attached hydrogens (primary N) is 1. The van der Waals surface area contributed by atoms with Gasteiger partial charge in [-0.05, 0) is 17.7 Å². The normalized spacial score (nSPS) is 10.3. The predicted molar refractivity (Wildman–Crippen MR) is 96.4 cm³/mol. The second-order valence-electron chi connectivity index (χ2n) is 5.74. The number of aryl methyl sites for hydroxylation is 1. The van der Waals surface area contributed by atoms with Crippen LogP contribution in [0, 0.1) is 0 Å². The minimum Gasteiger partial charge on any atom is -0.539 e. The molecule has 3 aromatic rings. The molecule has 0 aliphatic heterocycles. The quantitative estimate of drug-likeness (QED) is 0.419. The standard InChI is InChI=1S/C17H19N3O.C2H2O4/c18-17-19(11-6-12-21)15-9-4-5-10-16(15)20(17)13-14-7-2-1-3-8-14;3-1(4)2(5)6/h1-5,7-10,18,21H,6,11-13H2;(H,3,4)(H,5,6). The number of nitrogens with zero attached hydrogens (tertiary/aromatic N) is 2. The predicted octanol–water partition coefficient (Wildman–Crippen LogP) is -0.237. The lowest BCUT2D eigenvalue weighted by Crippen LogP contribution is -2.37. The maximum absolute atomic E-state index is 9.07. The number of fused-ring (bicyclic) bond motifs is 1. The van der Waals surface area contributed by atoms with Gasteiger partial charge in [-0.1, -0.05) is 42.5 Å². The van der Waals surface area contributed by atoms with Gasteiger partial charge in [0.15, 0.2) is 5.97 Å². The van der Waals surface area contributed by atoms with E-state index in [1.54, 1.807) is 0 Å². The summed E-state index contributed by atoms with van der Waals surface area (Å²) in [5, 5.41) is 25.4. The Kier molecular flexibility index (Phi) is 6.90. The Morgan fingerprint density at radius 1 is 1.07 bits per heavy atom. The summed E-state index contributed by atoms with van der Waals surface area (Å²) in [6, 6.07) is 18.5. The summed E-state index contributed by atoms with van der Waals surface area (Å²) in [7, 11) is 0. The van der Waals surface area contributed by atoms with E-state index in [1.165, 1.54) is 5.56 Å². The maximum atomic E-state index is 9.07. The molecule has 0 saturated carbocycles. The molecule has 1 heterocycles. The van der Waals surface area contributed by atoms with Gasteiger partial charge in [0.05, 0.1) is 13.1 Å². The Hall–Kier alpha value is -3.39. The van der Waals surface area contributed by atoms with Gasteiger partial charge in [-0.3, -0.25) is 5.73 Å². The van der Waals surface area contributed by atoms with Crippen molar-refractivity contribution in [2.75, 3.05) is 12.3 Å². The van der Waals surface area contributed by atoms with Crippen molar-refractivity contribution < 1.29 is 29.5 Å². The number of carboxylic acid groups (broad SMARTS) is 2. The van der Waals surface area contributed by atoms with Gasteiger partial charge < -0.3 is 20.1 Å². The molecule has 3 rings (SSSR count). The van der Waals surface area contributed by atoms with Crippen LogP contribution in [0.3, 0.4) is 0 Å². The number of para-hydroxylation sites is 2. The summed E-state index contributed by atoms with van der Waals surface area (Å²) in [6.07, 6.45) is 0.703. The fourth-order valence-corrected chi connectivity index (χ4v) is 2.71. The number of imidazole rings is 1. The molecule has 8 heteroatoms. The zero-order valence-electron chi connectivity index (χ0n) is 14.6. The highest BCUT2D eigenvalue weighted by molar-refractivity contribution is 6.26. The molecular formula is C19H21N3O5. The van der Waals surface area contributed by atoms with E-state index >= 15 is 0 Å². The summed E-state index contributed by atoms with van der Waals surface area (Å²) in [5.41, 5.74) is 9.80. The van der Waals surface area contributed by atoms with Gasteiger partial charge in [-0.2, -0.15) is 0 Å². The molecule has 0 aliphatic rings. The van der Waals surface area contributed by atoms with Crippen LogP contribution in [0.2, 0.25) is 0 Å². The van der Waals surface area contributed by atoms with Gasteiger partial charge in [-0.15, -0.1) is 0 Å². The van der Waals surface area contributed by atoms with E-state index < -0.39 is 11.9 Å². The molecule has 0 aliphatic carbocycles. The van der Waals surface area contributed by atoms with Gasteiger partial charge >= 0.3 is 11.9 Å². The summed E-state index contributed by atoms with van der Waals surface area (Å²) >= 11 is 0. The van der Waals surface area contributed by atoms with Crippen LogP contribution in [-0.2, 0) is 22.7 Å². The van der Waals surface area contributed by atoms with Crippen LogP contribution in [-0.4, -0.2) is 33.3 Å². The molecule has 0 amide bonds. The van der Waals surface area contributed by atoms with Crippen LogP contribution in [0.4, 0.5) is 5.95 Å². The minimum atomic E-state index is -2.07. The molecule has 0 atom stereocenters. The average molecular weight is 371 g/mol. The van der Waals surface area contributed by atoms with Crippen LogP contribution in [0.1, 0.15) is 12.0 Å². The van der Waals surface area contributed by atoms with Crippen LogP contribution in [0.25, 0.3) is 11.0 Å². The first-order valence-corrected chi connectivity index (χ1v) is 8.31. The van der Waals surface area contributed by atoms with E-state index in [0.717, 1.165) is 30.1 Å². The first kappa shape index (κ1) is 19.9. The van der Waals surface area contributed by atoms with Crippen LogP contribution in [0.15, 0.2) is 54.6 Å². The Morgan fingerprint density at radius 3 is 2.26 bits per heavy atom. The second kappa shape index (κ2) is 9.35. The van der Waals surface area contributed by atoms with Crippen molar-refractivity contribution in [1.29, 1.82) is 0 Å². The fourth-order valence-electron chi connectivity index (χ4n) is 2.71. The molecule has 0 bridgehead atoms. The average Bonchev–Trinajstić information content (AvgIpc) is 2.93. The Morgan fingerprint density at radius 2 is 1.67 bits per heavy atom. The largest absolute Gasteiger partial charge is 0.539 e. The first-order valence-electron chi connectivity index (χ1n) is 8.31. The third-order valence-corrected chi connectivity index (χ3v) is 3.91. The number of aliphatic carboxylic acids is 2. The number of hydrogen-bond donors (Lipinski definition) is 3. The number of anilines is 1. The number of rotatable bonds is 5. The molecule has 0 radical (unpaired) electrons. The molecule has 1 aromatic heterocycles. The number of aromatic nitrogens is 2. The number of carbonyl (C=O) groups is 2. The van der Waals surface area contributed by atoms with E-state index in [1.807, 2.05) is 30.3 Å². The Labute approximate surface area is 155 Å². The van der Waals surface area contributed by atoms with Crippen molar-refractivity contribution in [2.45, 2.75) is 19.5 Å². The minimum absolute atomic E-state index is 0.171. The lowest BCUT2D eigenvalue weighted by atomic mass is 10.2. The zero-order valence-corrected chi connectivity index (χ0v) is 14.6. The topological polar surface area (TPSA) is 132 Å². The molecule has 27 heavy (non-hydrogen) atoms. The number of carbonyl (C=O) groups excluding carboxylic acids is 1. The van der Waals surface area contributed by atoms with Crippen molar-refractivity contribution in [2.24, 2.45) is 0 Å². The molecule has 0 unspecified atom stereocenters. The lowest BCUT2D eigenvalue weighted by Gasteiger charge is -2.02. The summed E-state index contributed by atoms with van der Waals surface area (Å²) in [5.74, 6) is -3.28. The Bertz CT molecular complexity index is 910. The summed E-state index contributed by atoms with van der Waals surface area (Å²) in [6.45, 7) is 1.65. The van der Waals surface area contributed by atoms with Crippen LogP contribution < -0.4 is 15.4 Å². The van der Waals surface area contributed by atoms with E-state index in [0.29, 0.717) is 6.42 Å². The van der Waals surface area contributed by atoms with Gasteiger partial charge in [-0.25, -0.2) is 13.9 Å². The maximum Gasteiger partial charge on any atom is 0.356 e. The Balaban J connectivity index is 0.000000380. The van der Waals surface area contributed by atoms with Gasteiger partial charge in [0.25, 0.3) is 0 Å². The zero-order chi connectivity index (χ0) is 19.8. The number of aliphatic hydroxyl groups is 1. The van der Waals surface area contributed by atoms with Crippen molar-refractivity contribution in [3.05, 3.63) is 60.2 Å². The third kappa shape index (κ3) is 5.05. The molecular weight excluding hydrogens is 350 g/mol. The van der Waals surface area contributed by atoms with Crippen LogP contribution >= 0.6 is 0 Å². The van der Waals surface area contributed by atoms with Crippen molar-refractivity contribution in [3.8, 4) is 0 Å². The van der Waals surface area contributed by atoms with Gasteiger partial charge in [0.1, 0.15) is 11.0 Å². The molecule has 0 saturated heterocycles. The van der Waals surface area contributed by atoms with Crippen molar-refractivity contribution in [1.82, 2.24) is 4.57 Å². The van der Waals surface area contributed by atoms with Crippen LogP contribution in [0.5, 0.6) is 0 Å². The monoisotopic (exact) mass is 371 g/mol. The van der Waals surface area contributed by atoms with E-state index in [-0.39, 0.29) is 6.61 Å². The summed E-state index contributed by atoms with van der Waals surface area (Å²) in [4.78, 5) is 18.0. The van der Waals surface area contributed by atoms with Crippen molar-refractivity contribution in [3.63, 3.8) is 0 Å². The number of hydrogen-bond acceptors (Lipinski definition) is 5. The smallest absolute Gasteiger partial charge is 0.356 e. The van der Waals surface area contributed by atoms with Gasteiger partial charge in [0.2, 0.25) is 0 Å². The molecule has 0 spiro atoms. The molecule has 4 N–H and O–H groups in total. The highest BCUT2D eigenvalue weighted by Gasteiger charge is 2.20. The SMILES string of the molecule is Nc1n(CCCO)c2ccccc2[n+]1Cc1ccccc1.O=C([O-])C(=O)O. The number of carboxylic acids is 2. The van der Waals surface area contributed by atoms with E-state index in [9.17, 15) is 0 Å². The lowest BCUT2D eigenvalue weighted by molar-refractivity contribution is -0.648. The highest BCUT2D eigenvalue weighted by atomic mass is 16.4. The second-order valence-corrected chi connectivity index (χ2v) is 5.74. The number of nitrogen functional groups attached to an aromatic ring is 1. The number of benzene rings is 2. The highest BCUT2D eigenvalue weighted by Crippen LogP contribution is 2.17. The molecule has 2 aromatic carbocycles. The number of aliphatic hydroxyl groups excluding tert-OH is 1. The molecule has 0 fully saturated rings. The third-order valence-electron chi connectivity index (χ3n) is 3.91. The van der Waals surface area contributed by atoms with E-state index in [2.05, 4.69) is 33.4 Å². The first-order chi connectivity index (χ1) is 13.0. The molecule has 142 valence electrons. The van der Waals surface area contributed by atoms with Gasteiger partial charge in [0, 0.05) is 13.0 Å². The van der Waals surface area contributed by atoms with Crippen molar-refractivity contribution >= 4 is 28.9 Å². The van der Waals surface area contributed by atoms with E-state index in [4.69, 9.17) is 30.6 Å². The summed E-state index contributed by atoms with van der Waals surface area (Å²) < 4.78 is 4.20.